The Bertz CT molecular complexity index is 1200. The van der Waals surface area contributed by atoms with Gasteiger partial charge in [0.25, 0.3) is 0 Å². The van der Waals surface area contributed by atoms with Crippen molar-refractivity contribution in [2.45, 2.75) is 0 Å². The van der Waals surface area contributed by atoms with E-state index in [-0.39, 0.29) is 0 Å². The zero-order valence-corrected chi connectivity index (χ0v) is 27.5. The molecular weight excluding hydrogens is 624 g/mol. The van der Waals surface area contributed by atoms with Crippen LogP contribution in [0.3, 0.4) is 0 Å². The van der Waals surface area contributed by atoms with Gasteiger partial charge in [-0.1, -0.05) is 11.8 Å². The molecule has 4 rings (SSSR count). The average molecular weight is 671 g/mol. The molecule has 0 N–H and O–H groups in total. The molecule has 0 spiro atoms. The smallest absolute Gasteiger partial charge is 0.162 e. The Balaban J connectivity index is 1.36. The van der Waals surface area contributed by atoms with Crippen molar-refractivity contribution in [3.05, 3.63) is 47.5 Å². The summed E-state index contributed by atoms with van der Waals surface area (Å²) in [6.45, 7) is 9.04. The maximum atomic E-state index is 5.98. The van der Waals surface area contributed by atoms with Crippen molar-refractivity contribution in [1.82, 2.24) is 0 Å². The summed E-state index contributed by atoms with van der Waals surface area (Å²) in [5.74, 6) is 14.3. The zero-order chi connectivity index (χ0) is 33.2. The molecule has 2 aromatic carbocycles. The first-order chi connectivity index (χ1) is 23.9. The summed E-state index contributed by atoms with van der Waals surface area (Å²) in [5, 5.41) is 0. The van der Waals surface area contributed by atoms with Gasteiger partial charge in [-0.05, 0) is 48.2 Å². The van der Waals surface area contributed by atoms with Crippen LogP contribution >= 0.6 is 0 Å². The number of benzene rings is 2. The molecule has 0 aliphatic carbocycles. The van der Waals surface area contributed by atoms with Crippen LogP contribution < -0.4 is 18.9 Å². The monoisotopic (exact) mass is 670 g/mol. The van der Waals surface area contributed by atoms with Crippen LogP contribution in [0.4, 0.5) is 0 Å². The number of ether oxygens (including phenoxy) is 12. The van der Waals surface area contributed by atoms with E-state index in [0.29, 0.717) is 155 Å². The van der Waals surface area contributed by atoms with Crippen LogP contribution in [0.5, 0.6) is 23.0 Å². The molecule has 0 unspecified atom stereocenters. The Labute approximate surface area is 283 Å². The minimum absolute atomic E-state index is 0.347. The molecule has 0 saturated carbocycles. The van der Waals surface area contributed by atoms with Crippen molar-refractivity contribution in [2.24, 2.45) is 0 Å². The highest BCUT2D eigenvalue weighted by atomic mass is 16.6. The minimum Gasteiger partial charge on any atom is -0.487 e. The van der Waals surface area contributed by atoms with E-state index in [1.807, 2.05) is 36.4 Å². The summed E-state index contributed by atoms with van der Waals surface area (Å²) in [6, 6.07) is 11.0. The van der Waals surface area contributed by atoms with Crippen molar-refractivity contribution in [2.75, 3.05) is 132 Å². The maximum Gasteiger partial charge on any atom is 0.162 e. The van der Waals surface area contributed by atoms with Gasteiger partial charge >= 0.3 is 0 Å². The van der Waals surface area contributed by atoms with E-state index >= 15 is 0 Å². The van der Waals surface area contributed by atoms with Crippen molar-refractivity contribution in [3.8, 4) is 46.7 Å². The van der Waals surface area contributed by atoms with Crippen LogP contribution in [-0.2, 0) is 37.9 Å². The summed E-state index contributed by atoms with van der Waals surface area (Å²) in [5.41, 5.74) is 1.46. The standard InChI is InChI=1S/C36H46O12/c1(3-31-5-7-33-35(29-31)47-27-23-43-19-15-39-11-9-37-13-17-41-21-25-45-33)2-4-32-6-8-34-36(30-32)48-28-24-44-20-16-40-12-10-38-14-18-42-22-26-46-34/h5-8,29-30H,9-28H2. The summed E-state index contributed by atoms with van der Waals surface area (Å²) in [7, 11) is 0. The third-order valence-corrected chi connectivity index (χ3v) is 6.54. The maximum absolute atomic E-state index is 5.98. The second-order valence-electron chi connectivity index (χ2n) is 10.1. The van der Waals surface area contributed by atoms with Gasteiger partial charge in [0.15, 0.2) is 23.0 Å². The number of fused-ring (bicyclic) bond motifs is 2. The summed E-state index contributed by atoms with van der Waals surface area (Å²) in [6.07, 6.45) is 0. The fourth-order valence-electron chi connectivity index (χ4n) is 4.21. The van der Waals surface area contributed by atoms with Gasteiger partial charge in [-0.25, -0.2) is 0 Å². The number of rotatable bonds is 0. The molecule has 2 aliphatic heterocycles. The van der Waals surface area contributed by atoms with Gasteiger partial charge in [-0.3, -0.25) is 0 Å². The van der Waals surface area contributed by atoms with Crippen molar-refractivity contribution in [3.63, 3.8) is 0 Å². The first-order valence-corrected chi connectivity index (χ1v) is 16.3. The highest BCUT2D eigenvalue weighted by Crippen LogP contribution is 2.29. The third-order valence-electron chi connectivity index (χ3n) is 6.54. The normalized spacial score (nSPS) is 18.9. The van der Waals surface area contributed by atoms with E-state index < -0.39 is 0 Å². The van der Waals surface area contributed by atoms with Crippen LogP contribution in [0.2, 0.25) is 0 Å². The Kier molecular flexibility index (Phi) is 19.1. The third kappa shape index (κ3) is 16.0. The zero-order valence-electron chi connectivity index (χ0n) is 27.5. The largest absolute Gasteiger partial charge is 0.487 e. The van der Waals surface area contributed by atoms with E-state index in [0.717, 1.165) is 11.1 Å². The highest BCUT2D eigenvalue weighted by Gasteiger charge is 2.09. The summed E-state index contributed by atoms with van der Waals surface area (Å²) in [4.78, 5) is 0. The predicted octanol–water partition coefficient (Wildman–Crippen LogP) is 2.77. The lowest BCUT2D eigenvalue weighted by molar-refractivity contribution is -0.00841. The molecule has 0 radical (unpaired) electrons. The van der Waals surface area contributed by atoms with Crippen LogP contribution in [0, 0.1) is 23.7 Å². The minimum atomic E-state index is 0.347. The molecule has 48 heavy (non-hydrogen) atoms. The molecule has 2 aliphatic rings. The van der Waals surface area contributed by atoms with E-state index in [2.05, 4.69) is 23.7 Å². The summed E-state index contributed by atoms with van der Waals surface area (Å²) >= 11 is 0. The van der Waals surface area contributed by atoms with Crippen molar-refractivity contribution in [1.29, 1.82) is 0 Å². The van der Waals surface area contributed by atoms with E-state index in [9.17, 15) is 0 Å². The Hall–Kier alpha value is -3.56. The van der Waals surface area contributed by atoms with Crippen molar-refractivity contribution < 1.29 is 56.8 Å². The SMILES string of the molecule is C(C#Cc1ccc2c(c1)OCCOCCOCCOCCOCCO2)#Cc1ccc2c(c1)OCCOCCOCCOCCOCCO2. The fraction of sp³-hybridized carbons (Fsp3) is 0.556. The topological polar surface area (TPSA) is 111 Å². The van der Waals surface area contributed by atoms with Gasteiger partial charge in [-0.2, -0.15) is 0 Å². The molecule has 12 nitrogen and oxygen atoms in total. The lowest BCUT2D eigenvalue weighted by Gasteiger charge is -2.14. The highest BCUT2D eigenvalue weighted by molar-refractivity contribution is 5.52. The van der Waals surface area contributed by atoms with Gasteiger partial charge in [0.2, 0.25) is 0 Å². The average Bonchev–Trinajstić information content (AvgIpc) is 3.10. The molecular formula is C36H46O12. The van der Waals surface area contributed by atoms with E-state index in [1.54, 1.807) is 0 Å². The molecule has 262 valence electrons. The quantitative estimate of drug-likeness (QED) is 0.385. The second-order valence-corrected chi connectivity index (χ2v) is 10.1. The Morgan fingerprint density at radius 2 is 0.542 bits per heavy atom. The Morgan fingerprint density at radius 3 is 0.833 bits per heavy atom. The van der Waals surface area contributed by atoms with Crippen LogP contribution in [0.15, 0.2) is 36.4 Å². The van der Waals surface area contributed by atoms with E-state index in [4.69, 9.17) is 56.8 Å². The first kappa shape index (κ1) is 37.3. The van der Waals surface area contributed by atoms with Gasteiger partial charge in [0, 0.05) is 11.1 Å². The molecule has 0 amide bonds. The molecule has 2 heterocycles. The molecule has 0 aromatic heterocycles. The summed E-state index contributed by atoms with van der Waals surface area (Å²) < 4.78 is 68.1. The molecule has 0 fully saturated rings. The molecule has 2 aromatic rings. The van der Waals surface area contributed by atoms with Crippen LogP contribution in [-0.4, -0.2) is 132 Å². The van der Waals surface area contributed by atoms with E-state index in [1.165, 1.54) is 0 Å². The van der Waals surface area contributed by atoms with Crippen LogP contribution in [0.1, 0.15) is 11.1 Å². The molecule has 0 atom stereocenters. The van der Waals surface area contributed by atoms with Crippen molar-refractivity contribution >= 4 is 0 Å². The van der Waals surface area contributed by atoms with Gasteiger partial charge in [-0.15, -0.1) is 0 Å². The molecule has 0 saturated heterocycles. The lowest BCUT2D eigenvalue weighted by atomic mass is 10.2. The fourth-order valence-corrected chi connectivity index (χ4v) is 4.21. The van der Waals surface area contributed by atoms with Gasteiger partial charge in [0.1, 0.15) is 26.4 Å². The second kappa shape index (κ2) is 24.6. The van der Waals surface area contributed by atoms with Gasteiger partial charge < -0.3 is 56.8 Å². The number of hydrogen-bond donors (Lipinski definition) is 0. The Morgan fingerprint density at radius 1 is 0.292 bits per heavy atom. The molecule has 0 bridgehead atoms. The van der Waals surface area contributed by atoms with Gasteiger partial charge in [0.05, 0.1) is 106 Å². The molecule has 12 heteroatoms. The predicted molar refractivity (Wildman–Crippen MR) is 175 cm³/mol. The van der Waals surface area contributed by atoms with Crippen LogP contribution in [0.25, 0.3) is 0 Å². The lowest BCUT2D eigenvalue weighted by Crippen LogP contribution is -2.16. The number of hydrogen-bond acceptors (Lipinski definition) is 12. The first-order valence-electron chi connectivity index (χ1n) is 16.3.